The predicted molar refractivity (Wildman–Crippen MR) is 97.1 cm³/mol. The second kappa shape index (κ2) is 8.75. The number of phenolic OH excluding ortho intramolecular Hbond substituents is 1. The highest BCUT2D eigenvalue weighted by atomic mass is 32.2. The van der Waals surface area contributed by atoms with Crippen LogP contribution in [-0.4, -0.2) is 35.0 Å². The first-order valence-corrected chi connectivity index (χ1v) is 9.47. The molecule has 1 amide bonds. The maximum absolute atomic E-state index is 12.2. The largest absolute Gasteiger partial charge is 0.548 e. The highest BCUT2D eigenvalue weighted by Crippen LogP contribution is 2.23. The van der Waals surface area contributed by atoms with Gasteiger partial charge in [-0.1, -0.05) is 0 Å². The van der Waals surface area contributed by atoms with Crippen LogP contribution in [0.3, 0.4) is 0 Å². The standard InChI is InChI=1S/C18H21NO6S/c1-10-12-4-3-11(20)9-15(12)25-18(24)13(10)5-6-16(21)19-14(17(22)23)7-8-26-2/h3-4,9,14,20H,5-8H2,1-2H3,(H,19,21)(H,22,23)/p-1/t14-/m0/s1. The van der Waals surface area contributed by atoms with Crippen LogP contribution < -0.4 is 16.0 Å². The van der Waals surface area contributed by atoms with Gasteiger partial charge in [-0.15, -0.1) is 0 Å². The van der Waals surface area contributed by atoms with E-state index >= 15 is 0 Å². The summed E-state index contributed by atoms with van der Waals surface area (Å²) >= 11 is 1.48. The molecule has 1 aromatic heterocycles. The number of amides is 1. The van der Waals surface area contributed by atoms with Crippen molar-refractivity contribution in [2.75, 3.05) is 12.0 Å². The molecule has 140 valence electrons. The smallest absolute Gasteiger partial charge is 0.339 e. The average Bonchev–Trinajstić information content (AvgIpc) is 2.57. The zero-order valence-corrected chi connectivity index (χ0v) is 15.4. The molecular weight excluding hydrogens is 358 g/mol. The van der Waals surface area contributed by atoms with Gasteiger partial charge in [-0.2, -0.15) is 11.8 Å². The summed E-state index contributed by atoms with van der Waals surface area (Å²) in [7, 11) is 0. The molecule has 0 radical (unpaired) electrons. The van der Waals surface area contributed by atoms with E-state index in [1.165, 1.54) is 23.9 Å². The Labute approximate surface area is 154 Å². The third kappa shape index (κ3) is 4.78. The average molecular weight is 378 g/mol. The summed E-state index contributed by atoms with van der Waals surface area (Å²) in [4.78, 5) is 35.3. The van der Waals surface area contributed by atoms with Crippen LogP contribution in [-0.2, 0) is 16.0 Å². The Hall–Kier alpha value is -2.48. The minimum atomic E-state index is -1.33. The van der Waals surface area contributed by atoms with Gasteiger partial charge in [0.2, 0.25) is 5.91 Å². The summed E-state index contributed by atoms with van der Waals surface area (Å²) in [5.41, 5.74) is 0.720. The summed E-state index contributed by atoms with van der Waals surface area (Å²) in [6.07, 6.45) is 2.20. The first kappa shape index (κ1) is 19.8. The summed E-state index contributed by atoms with van der Waals surface area (Å²) in [6.45, 7) is 1.74. The molecule has 1 heterocycles. The molecule has 0 aliphatic heterocycles. The molecule has 0 saturated carbocycles. The van der Waals surface area contributed by atoms with Crippen molar-refractivity contribution in [1.82, 2.24) is 5.32 Å². The van der Waals surface area contributed by atoms with Gasteiger partial charge in [0.25, 0.3) is 0 Å². The molecule has 0 spiro atoms. The molecule has 1 atom stereocenters. The number of aliphatic carboxylic acids is 1. The molecular formula is C18H20NO6S-. The third-order valence-corrected chi connectivity index (χ3v) is 4.75. The number of rotatable bonds is 8. The van der Waals surface area contributed by atoms with Crippen LogP contribution in [0.25, 0.3) is 11.0 Å². The minimum Gasteiger partial charge on any atom is -0.548 e. The van der Waals surface area contributed by atoms with Gasteiger partial charge >= 0.3 is 5.63 Å². The van der Waals surface area contributed by atoms with Crippen molar-refractivity contribution in [3.8, 4) is 5.75 Å². The van der Waals surface area contributed by atoms with Crippen LogP contribution in [0.5, 0.6) is 5.75 Å². The Morgan fingerprint density at radius 2 is 2.12 bits per heavy atom. The van der Waals surface area contributed by atoms with E-state index in [0.717, 1.165) is 0 Å². The molecule has 0 saturated heterocycles. The van der Waals surface area contributed by atoms with E-state index in [4.69, 9.17) is 4.42 Å². The van der Waals surface area contributed by atoms with Crippen LogP contribution in [0.15, 0.2) is 27.4 Å². The fraction of sp³-hybridized carbons (Fsp3) is 0.389. The molecule has 2 N–H and O–H groups in total. The number of hydrogen-bond donors (Lipinski definition) is 2. The van der Waals surface area contributed by atoms with Gasteiger partial charge in [0, 0.05) is 23.4 Å². The third-order valence-electron chi connectivity index (χ3n) is 4.10. The van der Waals surface area contributed by atoms with E-state index in [0.29, 0.717) is 22.3 Å². The summed E-state index contributed by atoms with van der Waals surface area (Å²) < 4.78 is 5.21. The van der Waals surface area contributed by atoms with Gasteiger partial charge < -0.3 is 24.7 Å². The summed E-state index contributed by atoms with van der Waals surface area (Å²) in [6, 6.07) is 3.44. The normalized spacial score (nSPS) is 12.1. The number of carbonyl (C=O) groups excluding carboxylic acids is 2. The predicted octanol–water partition coefficient (Wildman–Crippen LogP) is 0.727. The SMILES string of the molecule is CSCC[C@H](NC(=O)CCc1c(C)c2ccc(O)cc2oc1=O)C(=O)[O-]. The lowest BCUT2D eigenvalue weighted by atomic mass is 10.0. The van der Waals surface area contributed by atoms with Gasteiger partial charge in [0.15, 0.2) is 0 Å². The second-order valence-electron chi connectivity index (χ2n) is 5.89. The number of thioether (sulfide) groups is 1. The molecule has 0 fully saturated rings. The number of carbonyl (C=O) groups is 2. The first-order valence-electron chi connectivity index (χ1n) is 8.08. The fourth-order valence-corrected chi connectivity index (χ4v) is 3.13. The lowest BCUT2D eigenvalue weighted by Crippen LogP contribution is -2.48. The van der Waals surface area contributed by atoms with E-state index in [1.807, 2.05) is 6.26 Å². The molecule has 2 aromatic rings. The van der Waals surface area contributed by atoms with Gasteiger partial charge in [0.1, 0.15) is 11.3 Å². The zero-order chi connectivity index (χ0) is 19.3. The molecule has 0 aliphatic rings. The number of aromatic hydroxyl groups is 1. The number of nitrogens with one attached hydrogen (secondary N) is 1. The Bertz CT molecular complexity index is 876. The lowest BCUT2D eigenvalue weighted by Gasteiger charge is -2.19. The molecule has 7 nitrogen and oxygen atoms in total. The highest BCUT2D eigenvalue weighted by molar-refractivity contribution is 7.98. The number of hydrogen-bond acceptors (Lipinski definition) is 7. The molecule has 0 bridgehead atoms. The van der Waals surface area contributed by atoms with Crippen molar-refractivity contribution in [1.29, 1.82) is 0 Å². The summed E-state index contributed by atoms with van der Waals surface area (Å²) in [5.74, 6) is -1.22. The lowest BCUT2D eigenvalue weighted by molar-refractivity contribution is -0.308. The topological polar surface area (TPSA) is 120 Å². The molecule has 1 aromatic carbocycles. The van der Waals surface area contributed by atoms with Crippen LogP contribution in [0.2, 0.25) is 0 Å². The molecule has 8 heteroatoms. The number of phenols is 1. The van der Waals surface area contributed by atoms with Crippen molar-refractivity contribution < 1.29 is 24.2 Å². The number of aryl methyl sites for hydroxylation is 1. The van der Waals surface area contributed by atoms with E-state index < -0.39 is 23.5 Å². The maximum Gasteiger partial charge on any atom is 0.339 e. The van der Waals surface area contributed by atoms with Crippen LogP contribution in [0, 0.1) is 6.92 Å². The van der Waals surface area contributed by atoms with Crippen molar-refractivity contribution in [2.45, 2.75) is 32.2 Å². The fourth-order valence-electron chi connectivity index (χ4n) is 2.66. The minimum absolute atomic E-state index is 0.00857. The Balaban J connectivity index is 2.11. The van der Waals surface area contributed by atoms with Crippen molar-refractivity contribution in [2.24, 2.45) is 0 Å². The van der Waals surface area contributed by atoms with Crippen molar-refractivity contribution in [3.63, 3.8) is 0 Å². The van der Waals surface area contributed by atoms with Crippen molar-refractivity contribution >= 4 is 34.6 Å². The Morgan fingerprint density at radius 1 is 1.38 bits per heavy atom. The molecule has 26 heavy (non-hydrogen) atoms. The van der Waals surface area contributed by atoms with E-state index in [-0.39, 0.29) is 30.6 Å². The second-order valence-corrected chi connectivity index (χ2v) is 6.88. The zero-order valence-electron chi connectivity index (χ0n) is 14.5. The van der Waals surface area contributed by atoms with Crippen LogP contribution >= 0.6 is 11.8 Å². The molecule has 0 unspecified atom stereocenters. The summed E-state index contributed by atoms with van der Waals surface area (Å²) in [5, 5.41) is 23.7. The first-order chi connectivity index (χ1) is 12.3. The van der Waals surface area contributed by atoms with E-state index in [9.17, 15) is 24.6 Å². The number of carboxylic acids is 1. The van der Waals surface area contributed by atoms with Gasteiger partial charge in [-0.25, -0.2) is 4.79 Å². The number of benzene rings is 1. The molecule has 0 aliphatic carbocycles. The highest BCUT2D eigenvalue weighted by Gasteiger charge is 2.16. The van der Waals surface area contributed by atoms with Gasteiger partial charge in [-0.3, -0.25) is 4.79 Å². The van der Waals surface area contributed by atoms with E-state index in [2.05, 4.69) is 5.32 Å². The Kier molecular flexibility index (Phi) is 6.68. The quantitative estimate of drug-likeness (QED) is 0.650. The molecule has 2 rings (SSSR count). The van der Waals surface area contributed by atoms with Crippen LogP contribution in [0.4, 0.5) is 0 Å². The van der Waals surface area contributed by atoms with Crippen LogP contribution in [0.1, 0.15) is 24.0 Å². The van der Waals surface area contributed by atoms with Gasteiger partial charge in [0.05, 0.1) is 12.0 Å². The van der Waals surface area contributed by atoms with Gasteiger partial charge in [-0.05, 0) is 49.5 Å². The number of carboxylic acid groups (broad SMARTS) is 1. The maximum atomic E-state index is 12.2. The van der Waals surface area contributed by atoms with Crippen molar-refractivity contribution in [3.05, 3.63) is 39.7 Å². The van der Waals surface area contributed by atoms with E-state index in [1.54, 1.807) is 13.0 Å². The number of fused-ring (bicyclic) bond motifs is 1. The monoisotopic (exact) mass is 378 g/mol. The Morgan fingerprint density at radius 3 is 2.77 bits per heavy atom.